The second-order valence-corrected chi connectivity index (χ2v) is 5.91. The molecule has 0 N–H and O–H groups in total. The maximum atomic E-state index is 12.8. The summed E-state index contributed by atoms with van der Waals surface area (Å²) in [7, 11) is 3.36. The van der Waals surface area contributed by atoms with Crippen LogP contribution < -0.4 is 0 Å². The maximum Gasteiger partial charge on any atom is 0.436 e. The Morgan fingerprint density at radius 1 is 1.33 bits per heavy atom. The van der Waals surface area contributed by atoms with Gasteiger partial charge in [0.25, 0.3) is 0 Å². The molecule has 0 aliphatic rings. The zero-order chi connectivity index (χ0) is 18.2. The number of aromatic nitrogens is 4. The third kappa shape index (κ3) is 3.55. The number of hydrogen-bond donors (Lipinski definition) is 0. The van der Waals surface area contributed by atoms with Crippen LogP contribution in [0.15, 0.2) is 6.20 Å². The van der Waals surface area contributed by atoms with Crippen molar-refractivity contribution in [3.63, 3.8) is 0 Å². The van der Waals surface area contributed by atoms with Crippen molar-refractivity contribution in [1.29, 1.82) is 0 Å². The van der Waals surface area contributed by atoms with Gasteiger partial charge < -0.3 is 4.90 Å². The van der Waals surface area contributed by atoms with Gasteiger partial charge in [-0.3, -0.25) is 14.2 Å². The minimum atomic E-state index is -4.66. The van der Waals surface area contributed by atoms with Crippen LogP contribution in [-0.4, -0.2) is 37.4 Å². The van der Waals surface area contributed by atoms with Gasteiger partial charge in [0.2, 0.25) is 5.91 Å². The fraction of sp³-hybridized carbons (Fsp3) is 0.500. The first-order chi connectivity index (χ1) is 11.0. The molecule has 2 aromatic heterocycles. The number of nitrogens with zero attached hydrogens (tertiary/aromatic N) is 5. The summed E-state index contributed by atoms with van der Waals surface area (Å²) >= 11 is 5.68. The molecule has 0 unspecified atom stereocenters. The molecule has 1 amide bonds. The highest BCUT2D eigenvalue weighted by atomic mass is 35.5. The Bertz CT molecular complexity index is 765. The van der Waals surface area contributed by atoms with Crippen LogP contribution in [0.25, 0.3) is 0 Å². The molecule has 0 radical (unpaired) electrons. The molecule has 2 heterocycles. The van der Waals surface area contributed by atoms with E-state index in [9.17, 15) is 18.0 Å². The van der Waals surface area contributed by atoms with Gasteiger partial charge in [-0.2, -0.15) is 23.4 Å². The minimum absolute atomic E-state index is 0.100. The largest absolute Gasteiger partial charge is 0.436 e. The third-order valence-electron chi connectivity index (χ3n) is 3.86. The van der Waals surface area contributed by atoms with Crippen LogP contribution in [0.1, 0.15) is 22.6 Å². The van der Waals surface area contributed by atoms with Gasteiger partial charge in [-0.1, -0.05) is 11.6 Å². The topological polar surface area (TPSA) is 56.0 Å². The molecule has 0 atom stereocenters. The zero-order valence-corrected chi connectivity index (χ0v) is 14.4. The van der Waals surface area contributed by atoms with E-state index in [1.54, 1.807) is 25.0 Å². The van der Waals surface area contributed by atoms with E-state index in [1.807, 2.05) is 6.92 Å². The molecule has 132 valence electrons. The Balaban J connectivity index is 2.13. The zero-order valence-electron chi connectivity index (χ0n) is 13.6. The number of likely N-dealkylation sites (N-methyl/N-ethyl adjacent to an activating group) is 1. The lowest BCUT2D eigenvalue weighted by Gasteiger charge is -2.17. The summed E-state index contributed by atoms with van der Waals surface area (Å²) in [6.07, 6.45) is -3.01. The Hall–Kier alpha value is -2.03. The molecule has 0 bridgehead atoms. The molecule has 2 aromatic rings. The average Bonchev–Trinajstić information content (AvgIpc) is 2.94. The Kier molecular flexibility index (Phi) is 4.93. The summed E-state index contributed by atoms with van der Waals surface area (Å²) in [6.45, 7) is 3.24. The van der Waals surface area contributed by atoms with Gasteiger partial charge in [0, 0.05) is 31.9 Å². The van der Waals surface area contributed by atoms with Crippen molar-refractivity contribution in [2.24, 2.45) is 7.05 Å². The number of rotatable bonds is 4. The number of aryl methyl sites for hydroxylation is 1. The van der Waals surface area contributed by atoms with E-state index in [-0.39, 0.29) is 18.1 Å². The summed E-state index contributed by atoms with van der Waals surface area (Å²) < 4.78 is 41.1. The molecule has 0 aliphatic carbocycles. The highest BCUT2D eigenvalue weighted by Gasteiger charge is 2.38. The molecule has 0 aromatic carbocycles. The second-order valence-electron chi connectivity index (χ2n) is 5.53. The van der Waals surface area contributed by atoms with Gasteiger partial charge in [0.15, 0.2) is 5.69 Å². The summed E-state index contributed by atoms with van der Waals surface area (Å²) in [5.41, 5.74) is 0.690. The third-order valence-corrected chi connectivity index (χ3v) is 4.31. The van der Waals surface area contributed by atoms with E-state index in [1.165, 1.54) is 11.8 Å². The van der Waals surface area contributed by atoms with Gasteiger partial charge in [-0.05, 0) is 13.8 Å². The lowest BCUT2D eigenvalue weighted by Crippen LogP contribution is -2.30. The first-order valence-electron chi connectivity index (χ1n) is 7.04. The van der Waals surface area contributed by atoms with Crippen LogP contribution in [0, 0.1) is 13.8 Å². The van der Waals surface area contributed by atoms with Gasteiger partial charge in [-0.15, -0.1) is 0 Å². The Morgan fingerprint density at radius 2 is 1.96 bits per heavy atom. The van der Waals surface area contributed by atoms with E-state index >= 15 is 0 Å². The quantitative estimate of drug-likeness (QED) is 0.839. The fourth-order valence-electron chi connectivity index (χ4n) is 2.15. The predicted molar refractivity (Wildman–Crippen MR) is 81.4 cm³/mol. The molecule has 2 rings (SSSR count). The minimum Gasteiger partial charge on any atom is -0.340 e. The summed E-state index contributed by atoms with van der Waals surface area (Å²) in [6, 6.07) is 0. The summed E-state index contributed by atoms with van der Waals surface area (Å²) in [4.78, 5) is 13.7. The number of carbonyl (C=O) groups is 1. The van der Waals surface area contributed by atoms with Crippen LogP contribution in [0.2, 0.25) is 5.02 Å². The molecule has 6 nitrogen and oxygen atoms in total. The van der Waals surface area contributed by atoms with Gasteiger partial charge in [0.1, 0.15) is 6.54 Å². The first-order valence-corrected chi connectivity index (χ1v) is 7.41. The molecule has 0 saturated carbocycles. The number of alkyl halides is 3. The van der Waals surface area contributed by atoms with Gasteiger partial charge in [-0.25, -0.2) is 0 Å². The SMILES string of the molecule is Cc1c(CN(C)C(=O)Cn2nc(C(F)(F)F)c(Cl)c2C)cnn1C. The van der Waals surface area contributed by atoms with Gasteiger partial charge in [0.05, 0.1) is 16.9 Å². The predicted octanol–water partition coefficient (Wildman–Crippen LogP) is 2.56. The van der Waals surface area contributed by atoms with E-state index in [0.29, 0.717) is 6.54 Å². The molecule has 0 spiro atoms. The lowest BCUT2D eigenvalue weighted by atomic mass is 10.2. The molecule has 0 saturated heterocycles. The van der Waals surface area contributed by atoms with Crippen LogP contribution in [0.5, 0.6) is 0 Å². The summed E-state index contributed by atoms with van der Waals surface area (Å²) in [5, 5.41) is 7.03. The van der Waals surface area contributed by atoms with E-state index < -0.39 is 16.9 Å². The van der Waals surface area contributed by atoms with Crippen molar-refractivity contribution in [2.45, 2.75) is 33.1 Å². The smallest absolute Gasteiger partial charge is 0.340 e. The monoisotopic (exact) mass is 363 g/mol. The first kappa shape index (κ1) is 18.3. The van der Waals surface area contributed by atoms with Crippen LogP contribution >= 0.6 is 11.6 Å². The van der Waals surface area contributed by atoms with Crippen LogP contribution in [0.3, 0.4) is 0 Å². The number of carbonyl (C=O) groups excluding carboxylic acids is 1. The van der Waals surface area contributed by atoms with Crippen molar-refractivity contribution >= 4 is 17.5 Å². The van der Waals surface area contributed by atoms with E-state index in [2.05, 4.69) is 10.2 Å². The second kappa shape index (κ2) is 6.46. The standard InChI is InChI=1S/C14H17ClF3N5O/c1-8-10(5-19-22(8)4)6-21(3)11(24)7-23-9(2)12(15)13(20-23)14(16,17)18/h5H,6-7H2,1-4H3. The Morgan fingerprint density at radius 3 is 2.42 bits per heavy atom. The maximum absolute atomic E-state index is 12.8. The molecule has 0 fully saturated rings. The normalized spacial score (nSPS) is 11.8. The highest BCUT2D eigenvalue weighted by Crippen LogP contribution is 2.35. The van der Waals surface area contributed by atoms with Crippen LogP contribution in [0.4, 0.5) is 13.2 Å². The average molecular weight is 364 g/mol. The van der Waals surface area contributed by atoms with Gasteiger partial charge >= 0.3 is 6.18 Å². The lowest BCUT2D eigenvalue weighted by molar-refractivity contribution is -0.142. The molecule has 10 heteroatoms. The molecular weight excluding hydrogens is 347 g/mol. The number of amides is 1. The molecule has 0 aliphatic heterocycles. The molecular formula is C14H17ClF3N5O. The fourth-order valence-corrected chi connectivity index (χ4v) is 2.39. The Labute approximate surface area is 141 Å². The van der Waals surface area contributed by atoms with E-state index in [4.69, 9.17) is 11.6 Å². The van der Waals surface area contributed by atoms with Crippen molar-refractivity contribution < 1.29 is 18.0 Å². The number of hydrogen-bond acceptors (Lipinski definition) is 3. The molecule has 24 heavy (non-hydrogen) atoms. The van der Waals surface area contributed by atoms with Crippen molar-refractivity contribution in [3.8, 4) is 0 Å². The van der Waals surface area contributed by atoms with Crippen molar-refractivity contribution in [3.05, 3.63) is 33.9 Å². The van der Waals surface area contributed by atoms with Crippen molar-refractivity contribution in [1.82, 2.24) is 24.5 Å². The summed E-state index contributed by atoms with van der Waals surface area (Å²) in [5.74, 6) is -0.380. The number of halogens is 4. The van der Waals surface area contributed by atoms with Crippen molar-refractivity contribution in [2.75, 3.05) is 7.05 Å². The van der Waals surface area contributed by atoms with E-state index in [0.717, 1.165) is 15.9 Å². The van der Waals surface area contributed by atoms with Crippen LogP contribution in [-0.2, 0) is 31.1 Å². The highest BCUT2D eigenvalue weighted by molar-refractivity contribution is 6.32.